The van der Waals surface area contributed by atoms with Crippen molar-refractivity contribution < 1.29 is 14.3 Å². The number of anilines is 1. The predicted molar refractivity (Wildman–Crippen MR) is 66.4 cm³/mol. The quantitative estimate of drug-likeness (QED) is 0.790. The summed E-state index contributed by atoms with van der Waals surface area (Å²) in [4.78, 5) is 30.5. The van der Waals surface area contributed by atoms with Gasteiger partial charge in [0, 0.05) is 31.6 Å². The van der Waals surface area contributed by atoms with Crippen LogP contribution in [0.3, 0.4) is 0 Å². The van der Waals surface area contributed by atoms with Crippen molar-refractivity contribution in [1.29, 1.82) is 0 Å². The fourth-order valence-electron chi connectivity index (χ4n) is 1.77. The first-order valence-electron chi connectivity index (χ1n) is 5.45. The van der Waals surface area contributed by atoms with Crippen LogP contribution >= 0.6 is 11.3 Å². The maximum atomic E-state index is 12.0. The van der Waals surface area contributed by atoms with Crippen LogP contribution in [0.25, 0.3) is 0 Å². The lowest BCUT2D eigenvalue weighted by atomic mass is 10.3. The van der Waals surface area contributed by atoms with Crippen molar-refractivity contribution in [2.75, 3.05) is 39.0 Å². The highest BCUT2D eigenvalue weighted by Gasteiger charge is 2.26. The molecule has 8 heteroatoms. The minimum absolute atomic E-state index is 0.146. The summed E-state index contributed by atoms with van der Waals surface area (Å²) in [5.41, 5.74) is 5.86. The molecule has 2 amide bonds. The summed E-state index contributed by atoms with van der Waals surface area (Å²) >= 11 is 1.24. The number of aromatic nitrogens is 1. The third-order valence-corrected chi connectivity index (χ3v) is 3.41. The molecule has 2 N–H and O–H groups in total. The number of hydrogen-bond acceptors (Lipinski definition) is 6. The third-order valence-electron chi connectivity index (χ3n) is 2.74. The minimum atomic E-state index is -0.361. The lowest BCUT2D eigenvalue weighted by Gasteiger charge is -2.33. The van der Waals surface area contributed by atoms with Crippen LogP contribution < -0.4 is 5.73 Å². The largest absolute Gasteiger partial charge is 0.453 e. The number of thiazole rings is 1. The van der Waals surface area contributed by atoms with Crippen molar-refractivity contribution in [2.24, 2.45) is 0 Å². The highest BCUT2D eigenvalue weighted by atomic mass is 32.1. The molecule has 0 radical (unpaired) electrons. The Bertz CT molecular complexity index is 454. The standard InChI is InChI=1S/C10H14N4O3S/c1-17-10(16)14-4-2-13(3-5-14)8(15)7-6-18-9(11)12-7/h6H,2-5H2,1H3,(H2,11,12). The van der Waals surface area contributed by atoms with Gasteiger partial charge in [-0.2, -0.15) is 0 Å². The van der Waals surface area contributed by atoms with E-state index in [1.807, 2.05) is 0 Å². The van der Waals surface area contributed by atoms with Crippen LogP contribution in [0.1, 0.15) is 10.5 Å². The van der Waals surface area contributed by atoms with Gasteiger partial charge in [-0.1, -0.05) is 0 Å². The molecule has 0 unspecified atom stereocenters. The molecule has 18 heavy (non-hydrogen) atoms. The average molecular weight is 270 g/mol. The lowest BCUT2D eigenvalue weighted by Crippen LogP contribution is -2.50. The van der Waals surface area contributed by atoms with Gasteiger partial charge in [-0.3, -0.25) is 4.79 Å². The zero-order valence-corrected chi connectivity index (χ0v) is 10.8. The van der Waals surface area contributed by atoms with Crippen LogP contribution in [0.4, 0.5) is 9.93 Å². The Morgan fingerprint density at radius 2 is 1.94 bits per heavy atom. The van der Waals surface area contributed by atoms with Gasteiger partial charge in [0.2, 0.25) is 0 Å². The van der Waals surface area contributed by atoms with E-state index in [1.165, 1.54) is 18.4 Å². The summed E-state index contributed by atoms with van der Waals surface area (Å²) in [7, 11) is 1.35. The molecule has 0 atom stereocenters. The Labute approximate surface area is 108 Å². The van der Waals surface area contributed by atoms with Crippen LogP contribution in [-0.2, 0) is 4.74 Å². The number of methoxy groups -OCH3 is 1. The van der Waals surface area contributed by atoms with Crippen LogP contribution in [0.15, 0.2) is 5.38 Å². The van der Waals surface area contributed by atoms with Crippen molar-refractivity contribution in [2.45, 2.75) is 0 Å². The van der Waals surface area contributed by atoms with Crippen LogP contribution in [0.2, 0.25) is 0 Å². The van der Waals surface area contributed by atoms with Gasteiger partial charge >= 0.3 is 6.09 Å². The number of piperazine rings is 1. The average Bonchev–Trinajstić information content (AvgIpc) is 2.84. The molecule has 1 aliphatic heterocycles. The van der Waals surface area contributed by atoms with Crippen LogP contribution in [0, 0.1) is 0 Å². The van der Waals surface area contributed by atoms with E-state index in [0.717, 1.165) is 0 Å². The number of carbonyl (C=O) groups is 2. The van der Waals surface area contributed by atoms with E-state index in [9.17, 15) is 9.59 Å². The maximum absolute atomic E-state index is 12.0. The molecule has 7 nitrogen and oxygen atoms in total. The Hall–Kier alpha value is -1.83. The third kappa shape index (κ3) is 2.53. The summed E-state index contributed by atoms with van der Waals surface area (Å²) < 4.78 is 4.63. The van der Waals surface area contributed by atoms with E-state index in [2.05, 4.69) is 9.72 Å². The van der Waals surface area contributed by atoms with Gasteiger partial charge in [0.25, 0.3) is 5.91 Å². The Morgan fingerprint density at radius 3 is 2.44 bits per heavy atom. The number of nitrogens with zero attached hydrogens (tertiary/aromatic N) is 3. The smallest absolute Gasteiger partial charge is 0.409 e. The van der Waals surface area contributed by atoms with E-state index in [4.69, 9.17) is 5.73 Å². The first kappa shape index (κ1) is 12.6. The highest BCUT2D eigenvalue weighted by molar-refractivity contribution is 7.13. The van der Waals surface area contributed by atoms with Gasteiger partial charge in [0.05, 0.1) is 7.11 Å². The molecule has 0 spiro atoms. The number of nitrogen functional groups attached to an aromatic ring is 1. The second kappa shape index (κ2) is 5.21. The van der Waals surface area contributed by atoms with Crippen LogP contribution in [0.5, 0.6) is 0 Å². The normalized spacial score (nSPS) is 15.6. The van der Waals surface area contributed by atoms with Gasteiger partial charge in [0.15, 0.2) is 5.13 Å². The second-order valence-electron chi connectivity index (χ2n) is 3.82. The maximum Gasteiger partial charge on any atom is 0.409 e. The summed E-state index contributed by atoms with van der Waals surface area (Å²) in [5.74, 6) is -0.146. The number of amides is 2. The molecule has 98 valence electrons. The number of rotatable bonds is 1. The lowest BCUT2D eigenvalue weighted by molar-refractivity contribution is 0.0595. The van der Waals surface area contributed by atoms with E-state index >= 15 is 0 Å². The summed E-state index contributed by atoms with van der Waals surface area (Å²) in [6, 6.07) is 0. The minimum Gasteiger partial charge on any atom is -0.453 e. The molecule has 1 aliphatic rings. The van der Waals surface area contributed by atoms with Crippen molar-refractivity contribution in [3.63, 3.8) is 0 Å². The van der Waals surface area contributed by atoms with Crippen molar-refractivity contribution >= 4 is 28.5 Å². The molecular formula is C10H14N4O3S. The van der Waals surface area contributed by atoms with Crippen molar-refractivity contribution in [3.05, 3.63) is 11.1 Å². The van der Waals surface area contributed by atoms with Gasteiger partial charge in [-0.15, -0.1) is 11.3 Å². The van der Waals surface area contributed by atoms with Gasteiger partial charge in [0.1, 0.15) is 5.69 Å². The predicted octanol–water partition coefficient (Wildman–Crippen LogP) is 0.250. The number of carbonyl (C=O) groups excluding carboxylic acids is 2. The molecule has 0 aliphatic carbocycles. The van der Waals surface area contributed by atoms with E-state index in [1.54, 1.807) is 15.2 Å². The number of nitrogens with two attached hydrogens (primary N) is 1. The molecular weight excluding hydrogens is 256 g/mol. The van der Waals surface area contributed by atoms with Gasteiger partial charge in [-0.05, 0) is 0 Å². The summed E-state index contributed by atoms with van der Waals surface area (Å²) in [5, 5.41) is 2.02. The van der Waals surface area contributed by atoms with Crippen LogP contribution in [-0.4, -0.2) is 60.1 Å². The zero-order chi connectivity index (χ0) is 13.1. The molecule has 1 fully saturated rings. The molecule has 0 bridgehead atoms. The molecule has 0 aromatic carbocycles. The molecule has 1 saturated heterocycles. The van der Waals surface area contributed by atoms with E-state index in [0.29, 0.717) is 37.0 Å². The van der Waals surface area contributed by atoms with E-state index in [-0.39, 0.29) is 12.0 Å². The first-order chi connectivity index (χ1) is 8.61. The topological polar surface area (TPSA) is 88.8 Å². The van der Waals surface area contributed by atoms with Gasteiger partial charge in [-0.25, -0.2) is 9.78 Å². The van der Waals surface area contributed by atoms with Crippen molar-refractivity contribution in [3.8, 4) is 0 Å². The fourth-order valence-corrected chi connectivity index (χ4v) is 2.31. The summed E-state index contributed by atoms with van der Waals surface area (Å²) in [6.07, 6.45) is -0.361. The molecule has 1 aromatic heterocycles. The Balaban J connectivity index is 1.94. The molecule has 2 rings (SSSR count). The van der Waals surface area contributed by atoms with Crippen molar-refractivity contribution in [1.82, 2.24) is 14.8 Å². The number of hydrogen-bond donors (Lipinski definition) is 1. The molecule has 0 saturated carbocycles. The summed E-state index contributed by atoms with van der Waals surface area (Å²) in [6.45, 7) is 1.90. The SMILES string of the molecule is COC(=O)N1CCN(C(=O)c2csc(N)n2)CC1. The monoisotopic (exact) mass is 270 g/mol. The first-order valence-corrected chi connectivity index (χ1v) is 6.33. The zero-order valence-electron chi connectivity index (χ0n) is 9.96. The fraction of sp³-hybridized carbons (Fsp3) is 0.500. The highest BCUT2D eigenvalue weighted by Crippen LogP contribution is 2.14. The molecule has 2 heterocycles. The van der Waals surface area contributed by atoms with Gasteiger partial charge < -0.3 is 20.3 Å². The second-order valence-corrected chi connectivity index (χ2v) is 4.71. The number of ether oxygens (including phenoxy) is 1. The Morgan fingerprint density at radius 1 is 1.33 bits per heavy atom. The molecule has 1 aromatic rings. The Kier molecular flexibility index (Phi) is 3.66. The van der Waals surface area contributed by atoms with E-state index < -0.39 is 0 Å².